The summed E-state index contributed by atoms with van der Waals surface area (Å²) in [6, 6.07) is 36.6. The minimum absolute atomic E-state index is 0.113. The molecule has 1 heterocycles. The van der Waals surface area contributed by atoms with Crippen LogP contribution in [0, 0.1) is 6.92 Å². The molecule has 0 radical (unpaired) electrons. The van der Waals surface area contributed by atoms with E-state index in [1.807, 2.05) is 110 Å². The maximum atomic E-state index is 14.5. The molecule has 1 aliphatic heterocycles. The molecule has 1 fully saturated rings. The zero-order valence-electron chi connectivity index (χ0n) is 22.5. The molecule has 40 heavy (non-hydrogen) atoms. The van der Waals surface area contributed by atoms with Crippen molar-refractivity contribution in [3.05, 3.63) is 138 Å². The minimum atomic E-state index is -3.79. The van der Waals surface area contributed by atoms with Crippen LogP contribution in [-0.2, 0) is 43.1 Å². The van der Waals surface area contributed by atoms with Crippen LogP contribution in [0.2, 0.25) is 0 Å². The molecule has 0 aromatic heterocycles. The van der Waals surface area contributed by atoms with E-state index in [-0.39, 0.29) is 19.8 Å². The molecule has 4 aromatic carbocycles. The van der Waals surface area contributed by atoms with Gasteiger partial charge in [0.2, 0.25) is 0 Å². The smallest absolute Gasteiger partial charge is 0.262 e. The predicted molar refractivity (Wildman–Crippen MR) is 155 cm³/mol. The fraction of sp³-hybridized carbons (Fsp3) is 0.273. The van der Waals surface area contributed by atoms with E-state index in [0.29, 0.717) is 11.9 Å². The fourth-order valence-electron chi connectivity index (χ4n) is 4.84. The van der Waals surface area contributed by atoms with Gasteiger partial charge >= 0.3 is 0 Å². The minimum Gasteiger partial charge on any atom is -0.380 e. The lowest BCUT2D eigenvalue weighted by Crippen LogP contribution is -2.55. The first kappa shape index (κ1) is 28.4. The van der Waals surface area contributed by atoms with Crippen LogP contribution >= 0.6 is 7.37 Å². The van der Waals surface area contributed by atoms with E-state index < -0.39 is 31.5 Å². The summed E-state index contributed by atoms with van der Waals surface area (Å²) in [5.41, 5.74) is 3.84. The first-order valence-corrected chi connectivity index (χ1v) is 15.2. The average molecular weight is 559 g/mol. The second kappa shape index (κ2) is 13.5. The van der Waals surface area contributed by atoms with E-state index in [0.717, 1.165) is 22.3 Å². The Balaban J connectivity index is 1.45. The lowest BCUT2D eigenvalue weighted by atomic mass is 10.1. The number of rotatable bonds is 11. The lowest BCUT2D eigenvalue weighted by Gasteiger charge is -2.44. The van der Waals surface area contributed by atoms with Crippen molar-refractivity contribution in [2.45, 2.75) is 50.9 Å². The maximum absolute atomic E-state index is 14.5. The third-order valence-corrected chi connectivity index (χ3v) is 9.52. The highest BCUT2D eigenvalue weighted by molar-refractivity contribution is 7.67. The van der Waals surface area contributed by atoms with Crippen molar-refractivity contribution in [1.82, 2.24) is 0 Å². The van der Waals surface area contributed by atoms with E-state index in [1.54, 1.807) is 12.1 Å². The summed E-state index contributed by atoms with van der Waals surface area (Å²) >= 11 is 0. The van der Waals surface area contributed by atoms with Crippen LogP contribution in [0.4, 0.5) is 0 Å². The van der Waals surface area contributed by atoms with Crippen molar-refractivity contribution in [3.63, 3.8) is 0 Å². The van der Waals surface area contributed by atoms with E-state index in [1.165, 1.54) is 0 Å². The third-order valence-electron chi connectivity index (χ3n) is 6.95. The van der Waals surface area contributed by atoms with E-state index in [4.69, 9.17) is 18.7 Å². The predicted octanol–water partition coefficient (Wildman–Crippen LogP) is 6.00. The first-order chi connectivity index (χ1) is 19.5. The molecule has 1 N–H and O–H groups in total. The quantitative estimate of drug-likeness (QED) is 0.228. The second-order valence-electron chi connectivity index (χ2n) is 10.0. The Morgan fingerprint density at radius 2 is 1.23 bits per heavy atom. The van der Waals surface area contributed by atoms with Crippen molar-refractivity contribution < 1.29 is 28.4 Å². The van der Waals surface area contributed by atoms with Crippen molar-refractivity contribution in [3.8, 4) is 0 Å². The van der Waals surface area contributed by atoms with Gasteiger partial charge in [-0.2, -0.15) is 0 Å². The molecule has 0 spiro atoms. The van der Waals surface area contributed by atoms with Gasteiger partial charge in [-0.25, -0.2) is 0 Å². The van der Waals surface area contributed by atoms with Crippen LogP contribution in [0.1, 0.15) is 22.3 Å². The summed E-state index contributed by atoms with van der Waals surface area (Å²) in [5, 5.41) is 12.1. The third kappa shape index (κ3) is 6.97. The van der Waals surface area contributed by atoms with Gasteiger partial charge in [-0.05, 0) is 35.7 Å². The molecule has 5 atom stereocenters. The van der Waals surface area contributed by atoms with Crippen molar-refractivity contribution in [2.24, 2.45) is 0 Å². The van der Waals surface area contributed by atoms with E-state index in [9.17, 15) is 9.67 Å². The summed E-state index contributed by atoms with van der Waals surface area (Å²) < 4.78 is 39.7. The summed E-state index contributed by atoms with van der Waals surface area (Å²) in [5.74, 6) is -1.43. The molecule has 0 saturated carbocycles. The fourth-order valence-corrected chi connectivity index (χ4v) is 7.30. The Labute approximate surface area is 236 Å². The Hall–Kier alpha value is -3.09. The van der Waals surface area contributed by atoms with Crippen molar-refractivity contribution >= 4 is 12.7 Å². The van der Waals surface area contributed by atoms with Crippen LogP contribution < -0.4 is 5.30 Å². The SMILES string of the molecule is Cc1cccc([P@@]2(=O)O[C@H](COCc3ccccc3)[C@@H](OCc3ccccc3)[C@H](OCc3ccccc3)[C@@H]2O)c1. The molecular formula is C33H35O6P. The molecule has 6 nitrogen and oxygen atoms in total. The Bertz CT molecular complexity index is 1380. The molecular weight excluding hydrogens is 523 g/mol. The van der Waals surface area contributed by atoms with Crippen LogP contribution in [0.25, 0.3) is 0 Å². The number of ether oxygens (including phenoxy) is 3. The van der Waals surface area contributed by atoms with Gasteiger partial charge in [-0.1, -0.05) is 109 Å². The molecule has 7 heteroatoms. The molecule has 0 unspecified atom stereocenters. The lowest BCUT2D eigenvalue weighted by molar-refractivity contribution is -0.174. The summed E-state index contributed by atoms with van der Waals surface area (Å²) in [6.07, 6.45) is -2.40. The van der Waals surface area contributed by atoms with Gasteiger partial charge in [-0.3, -0.25) is 4.57 Å². The van der Waals surface area contributed by atoms with Gasteiger partial charge in [0, 0.05) is 5.30 Å². The molecule has 0 bridgehead atoms. The first-order valence-electron chi connectivity index (χ1n) is 13.5. The molecule has 0 aliphatic carbocycles. The number of benzene rings is 4. The zero-order chi connectivity index (χ0) is 27.8. The van der Waals surface area contributed by atoms with Crippen LogP contribution in [0.5, 0.6) is 0 Å². The topological polar surface area (TPSA) is 74.2 Å². The van der Waals surface area contributed by atoms with Crippen LogP contribution in [0.3, 0.4) is 0 Å². The average Bonchev–Trinajstić information content (AvgIpc) is 2.99. The van der Waals surface area contributed by atoms with Crippen LogP contribution in [0.15, 0.2) is 115 Å². The monoisotopic (exact) mass is 558 g/mol. The number of hydrogen-bond donors (Lipinski definition) is 1. The Morgan fingerprint density at radius 1 is 0.700 bits per heavy atom. The van der Waals surface area contributed by atoms with Crippen LogP contribution in [-0.4, -0.2) is 35.9 Å². The molecule has 4 aromatic rings. The molecule has 0 amide bonds. The molecule has 208 valence electrons. The Morgan fingerprint density at radius 3 is 1.77 bits per heavy atom. The highest BCUT2D eigenvalue weighted by Crippen LogP contribution is 2.57. The molecule has 1 saturated heterocycles. The number of aryl methyl sites for hydroxylation is 1. The van der Waals surface area contributed by atoms with Gasteiger partial charge in [0.15, 0.2) is 5.85 Å². The van der Waals surface area contributed by atoms with Crippen molar-refractivity contribution in [2.75, 3.05) is 6.61 Å². The molecule has 1 aliphatic rings. The largest absolute Gasteiger partial charge is 0.380 e. The number of hydrogen-bond acceptors (Lipinski definition) is 6. The normalized spacial score (nSPS) is 24.6. The molecule has 5 rings (SSSR count). The highest BCUT2D eigenvalue weighted by Gasteiger charge is 2.54. The zero-order valence-corrected chi connectivity index (χ0v) is 23.4. The van der Waals surface area contributed by atoms with Crippen molar-refractivity contribution in [1.29, 1.82) is 0 Å². The Kier molecular flexibility index (Phi) is 9.61. The number of aliphatic hydroxyl groups excluding tert-OH is 1. The maximum Gasteiger partial charge on any atom is 0.262 e. The van der Waals surface area contributed by atoms with E-state index in [2.05, 4.69) is 0 Å². The van der Waals surface area contributed by atoms with Gasteiger partial charge in [0.1, 0.15) is 18.3 Å². The van der Waals surface area contributed by atoms with Gasteiger partial charge in [0.25, 0.3) is 7.37 Å². The van der Waals surface area contributed by atoms with Gasteiger partial charge in [0.05, 0.1) is 26.4 Å². The van der Waals surface area contributed by atoms with E-state index >= 15 is 0 Å². The van der Waals surface area contributed by atoms with Gasteiger partial charge in [-0.15, -0.1) is 0 Å². The number of aliphatic hydroxyl groups is 1. The summed E-state index contributed by atoms with van der Waals surface area (Å²) in [6.45, 7) is 2.89. The van der Waals surface area contributed by atoms with Gasteiger partial charge < -0.3 is 23.8 Å². The summed E-state index contributed by atoms with van der Waals surface area (Å²) in [4.78, 5) is 0. The summed E-state index contributed by atoms with van der Waals surface area (Å²) in [7, 11) is -3.79. The standard InChI is InChI=1S/C33H35O6P/c1-25-12-11-19-29(20-25)40(35)33(34)32(38-23-28-17-9-4-10-18-28)31(37-22-27-15-7-3-8-16-27)30(39-40)24-36-21-26-13-5-2-6-14-26/h2-20,30-34H,21-24H2,1H3/t30-,31-,32+,33-,40-/m1/s1. The highest BCUT2D eigenvalue weighted by atomic mass is 31.2. The second-order valence-corrected chi connectivity index (χ2v) is 12.5.